The maximum atomic E-state index is 12.7. The summed E-state index contributed by atoms with van der Waals surface area (Å²) in [5.74, 6) is 0.498. The lowest BCUT2D eigenvalue weighted by atomic mass is 9.95. The molecule has 24 heavy (non-hydrogen) atoms. The predicted octanol–water partition coefficient (Wildman–Crippen LogP) is 4.10. The minimum absolute atomic E-state index is 0.0931. The van der Waals surface area contributed by atoms with Gasteiger partial charge in [-0.2, -0.15) is 0 Å². The van der Waals surface area contributed by atoms with Gasteiger partial charge in [-0.25, -0.2) is 0 Å². The molecule has 0 aliphatic carbocycles. The Morgan fingerprint density at radius 3 is 2.46 bits per heavy atom. The standard InChI is InChI=1S/C19H24N2O3/c1-13(16-10-7-11-24-16)21(5)17(22)14-8-6-9-15(12-14)20-18(23)19(2,3)4/h6-13H,1-5H3,(H,20,23). The number of hydrogen-bond acceptors (Lipinski definition) is 3. The molecule has 2 rings (SSSR count). The Balaban J connectivity index is 2.15. The summed E-state index contributed by atoms with van der Waals surface area (Å²) in [7, 11) is 1.73. The SMILES string of the molecule is CC(c1ccco1)N(C)C(=O)c1cccc(NC(=O)C(C)(C)C)c1. The van der Waals surface area contributed by atoms with Crippen LogP contribution in [0.1, 0.15) is 49.9 Å². The van der Waals surface area contributed by atoms with Gasteiger partial charge >= 0.3 is 0 Å². The number of anilines is 1. The Morgan fingerprint density at radius 2 is 1.88 bits per heavy atom. The van der Waals surface area contributed by atoms with Gasteiger partial charge in [0.15, 0.2) is 0 Å². The van der Waals surface area contributed by atoms with E-state index < -0.39 is 5.41 Å². The Bertz CT molecular complexity index is 714. The lowest BCUT2D eigenvalue weighted by Crippen LogP contribution is -2.30. The fourth-order valence-electron chi connectivity index (χ4n) is 2.15. The van der Waals surface area contributed by atoms with Crippen molar-refractivity contribution in [3.63, 3.8) is 0 Å². The van der Waals surface area contributed by atoms with E-state index in [9.17, 15) is 9.59 Å². The van der Waals surface area contributed by atoms with Crippen molar-refractivity contribution in [1.82, 2.24) is 4.90 Å². The summed E-state index contributed by atoms with van der Waals surface area (Å²) in [5.41, 5.74) is 0.632. The number of rotatable bonds is 4. The van der Waals surface area contributed by atoms with Crippen LogP contribution in [0.4, 0.5) is 5.69 Å². The van der Waals surface area contributed by atoms with E-state index in [0.29, 0.717) is 11.3 Å². The molecule has 1 atom stereocenters. The van der Waals surface area contributed by atoms with Crippen LogP contribution in [0.2, 0.25) is 0 Å². The highest BCUT2D eigenvalue weighted by Gasteiger charge is 2.23. The lowest BCUT2D eigenvalue weighted by Gasteiger charge is -2.24. The molecule has 0 aliphatic heterocycles. The molecule has 0 spiro atoms. The molecular weight excluding hydrogens is 304 g/mol. The molecule has 128 valence electrons. The van der Waals surface area contributed by atoms with E-state index in [2.05, 4.69) is 5.32 Å². The van der Waals surface area contributed by atoms with Gasteiger partial charge < -0.3 is 14.6 Å². The second kappa shape index (κ2) is 6.91. The minimum Gasteiger partial charge on any atom is -0.467 e. The quantitative estimate of drug-likeness (QED) is 0.919. The van der Waals surface area contributed by atoms with Crippen molar-refractivity contribution in [2.75, 3.05) is 12.4 Å². The molecular formula is C19H24N2O3. The van der Waals surface area contributed by atoms with Crippen LogP contribution in [-0.4, -0.2) is 23.8 Å². The molecule has 0 fully saturated rings. The first-order valence-corrected chi connectivity index (χ1v) is 7.92. The molecule has 1 N–H and O–H groups in total. The predicted molar refractivity (Wildman–Crippen MR) is 93.7 cm³/mol. The third-order valence-corrected chi connectivity index (χ3v) is 3.90. The average molecular weight is 328 g/mol. The van der Waals surface area contributed by atoms with Gasteiger partial charge in [-0.15, -0.1) is 0 Å². The number of benzene rings is 1. The smallest absolute Gasteiger partial charge is 0.254 e. The van der Waals surface area contributed by atoms with Crippen LogP contribution in [0, 0.1) is 5.41 Å². The zero-order valence-electron chi connectivity index (χ0n) is 14.8. The lowest BCUT2D eigenvalue weighted by molar-refractivity contribution is -0.123. The van der Waals surface area contributed by atoms with E-state index in [-0.39, 0.29) is 17.9 Å². The molecule has 2 aromatic rings. The number of hydrogen-bond donors (Lipinski definition) is 1. The summed E-state index contributed by atoms with van der Waals surface area (Å²) in [5, 5.41) is 2.84. The van der Waals surface area contributed by atoms with E-state index in [1.165, 1.54) is 0 Å². The van der Waals surface area contributed by atoms with Crippen molar-refractivity contribution in [1.29, 1.82) is 0 Å². The number of nitrogens with zero attached hydrogens (tertiary/aromatic N) is 1. The van der Waals surface area contributed by atoms with Crippen LogP contribution in [0.3, 0.4) is 0 Å². The molecule has 0 saturated carbocycles. The molecule has 1 heterocycles. The van der Waals surface area contributed by atoms with Crippen LogP contribution >= 0.6 is 0 Å². The zero-order chi connectivity index (χ0) is 17.9. The first kappa shape index (κ1) is 17.8. The molecule has 1 unspecified atom stereocenters. The second-order valence-corrected chi connectivity index (χ2v) is 6.89. The largest absolute Gasteiger partial charge is 0.467 e. The highest BCUT2D eigenvalue weighted by molar-refractivity contribution is 5.98. The van der Waals surface area contributed by atoms with Crippen molar-refractivity contribution >= 4 is 17.5 Å². The number of carbonyl (C=O) groups is 2. The molecule has 1 aromatic carbocycles. The fourth-order valence-corrected chi connectivity index (χ4v) is 2.15. The van der Waals surface area contributed by atoms with Crippen LogP contribution < -0.4 is 5.32 Å². The molecule has 0 saturated heterocycles. The van der Waals surface area contributed by atoms with Crippen molar-refractivity contribution in [2.24, 2.45) is 5.41 Å². The molecule has 0 bridgehead atoms. The highest BCUT2D eigenvalue weighted by Crippen LogP contribution is 2.23. The molecule has 1 aromatic heterocycles. The Hall–Kier alpha value is -2.56. The third kappa shape index (κ3) is 4.04. The molecule has 0 aliphatic rings. The van der Waals surface area contributed by atoms with Gasteiger partial charge in [0.25, 0.3) is 5.91 Å². The van der Waals surface area contributed by atoms with E-state index >= 15 is 0 Å². The van der Waals surface area contributed by atoms with E-state index in [1.807, 2.05) is 33.8 Å². The summed E-state index contributed by atoms with van der Waals surface area (Å²) in [6, 6.07) is 10.4. The third-order valence-electron chi connectivity index (χ3n) is 3.90. The summed E-state index contributed by atoms with van der Waals surface area (Å²) >= 11 is 0. The second-order valence-electron chi connectivity index (χ2n) is 6.89. The molecule has 5 heteroatoms. The van der Waals surface area contributed by atoms with Crippen molar-refractivity contribution in [3.8, 4) is 0 Å². The minimum atomic E-state index is -0.495. The van der Waals surface area contributed by atoms with Gasteiger partial charge in [0.2, 0.25) is 5.91 Å². The van der Waals surface area contributed by atoms with Gasteiger partial charge in [0.1, 0.15) is 5.76 Å². The van der Waals surface area contributed by atoms with E-state index in [4.69, 9.17) is 4.42 Å². The van der Waals surface area contributed by atoms with Gasteiger partial charge in [-0.1, -0.05) is 26.8 Å². The number of amides is 2. The van der Waals surface area contributed by atoms with Gasteiger partial charge in [0.05, 0.1) is 12.3 Å². The van der Waals surface area contributed by atoms with Crippen LogP contribution in [0.25, 0.3) is 0 Å². The van der Waals surface area contributed by atoms with Crippen LogP contribution in [-0.2, 0) is 4.79 Å². The van der Waals surface area contributed by atoms with Crippen LogP contribution in [0.15, 0.2) is 47.1 Å². The summed E-state index contributed by atoms with van der Waals surface area (Å²) < 4.78 is 5.37. The fraction of sp³-hybridized carbons (Fsp3) is 0.368. The van der Waals surface area contributed by atoms with Crippen molar-refractivity contribution in [3.05, 3.63) is 54.0 Å². The van der Waals surface area contributed by atoms with E-state index in [0.717, 1.165) is 5.76 Å². The van der Waals surface area contributed by atoms with Crippen LogP contribution in [0.5, 0.6) is 0 Å². The Morgan fingerprint density at radius 1 is 1.17 bits per heavy atom. The highest BCUT2D eigenvalue weighted by atomic mass is 16.3. The van der Waals surface area contributed by atoms with E-state index in [1.54, 1.807) is 48.5 Å². The first-order chi connectivity index (χ1) is 11.2. The number of carbonyl (C=O) groups excluding carboxylic acids is 2. The Labute approximate surface area is 142 Å². The molecule has 5 nitrogen and oxygen atoms in total. The summed E-state index contributed by atoms with van der Waals surface area (Å²) in [4.78, 5) is 26.4. The zero-order valence-corrected chi connectivity index (χ0v) is 14.8. The molecule has 2 amide bonds. The number of nitrogens with one attached hydrogen (secondary N) is 1. The number of furan rings is 1. The molecule has 0 radical (unpaired) electrons. The summed E-state index contributed by atoms with van der Waals surface area (Å²) in [6.07, 6.45) is 1.59. The Kier molecular flexibility index (Phi) is 5.12. The van der Waals surface area contributed by atoms with Gasteiger partial charge in [0, 0.05) is 23.7 Å². The maximum Gasteiger partial charge on any atom is 0.254 e. The van der Waals surface area contributed by atoms with Crippen molar-refractivity contribution in [2.45, 2.75) is 33.7 Å². The summed E-state index contributed by atoms with van der Waals surface area (Å²) in [6.45, 7) is 7.43. The monoisotopic (exact) mass is 328 g/mol. The normalized spacial score (nSPS) is 12.5. The maximum absolute atomic E-state index is 12.7. The first-order valence-electron chi connectivity index (χ1n) is 7.92. The van der Waals surface area contributed by atoms with Gasteiger partial charge in [-0.3, -0.25) is 9.59 Å². The average Bonchev–Trinajstić information content (AvgIpc) is 3.06. The topological polar surface area (TPSA) is 62.6 Å². The van der Waals surface area contributed by atoms with Gasteiger partial charge in [-0.05, 0) is 37.3 Å². The van der Waals surface area contributed by atoms with Crippen molar-refractivity contribution < 1.29 is 14.0 Å².